The molecule has 4 nitrogen and oxygen atoms in total. The quantitative estimate of drug-likeness (QED) is 0.666. The van der Waals surface area contributed by atoms with Crippen molar-refractivity contribution in [2.24, 2.45) is 0 Å². The molecule has 7 heteroatoms. The van der Waals surface area contributed by atoms with Crippen LogP contribution < -0.4 is 5.32 Å². The predicted octanol–water partition coefficient (Wildman–Crippen LogP) is 4.42. The van der Waals surface area contributed by atoms with Crippen molar-refractivity contribution in [3.8, 4) is 11.3 Å². The van der Waals surface area contributed by atoms with Crippen molar-refractivity contribution in [1.29, 1.82) is 0 Å². The Hall–Kier alpha value is -3.09. The van der Waals surface area contributed by atoms with E-state index in [4.69, 9.17) is 0 Å². The Morgan fingerprint density at radius 3 is 2.55 bits per heavy atom. The first-order chi connectivity index (χ1) is 13.9. The number of aromatic nitrogens is 1. The van der Waals surface area contributed by atoms with Gasteiger partial charge in [0.2, 0.25) is 5.91 Å². The van der Waals surface area contributed by atoms with Gasteiger partial charge in [0.15, 0.2) is 5.78 Å². The third-order valence-electron chi connectivity index (χ3n) is 5.31. The summed E-state index contributed by atoms with van der Waals surface area (Å²) in [5, 5.41) is 3.07. The number of aryl methyl sites for hydroxylation is 1. The van der Waals surface area contributed by atoms with Gasteiger partial charge in [0.1, 0.15) is 17.5 Å². The fourth-order valence-corrected chi connectivity index (χ4v) is 3.87. The highest BCUT2D eigenvalue weighted by Gasteiger charge is 2.26. The second-order valence-corrected chi connectivity index (χ2v) is 7.27. The lowest BCUT2D eigenvalue weighted by Gasteiger charge is -2.11. The fourth-order valence-electron chi connectivity index (χ4n) is 3.87. The Labute approximate surface area is 165 Å². The Bertz CT molecular complexity index is 1090. The number of nitrogens with one attached hydrogen (secondary N) is 2. The molecule has 0 aliphatic heterocycles. The standard InChI is InChI=1S/C22H19F3N2O2/c23-13-6-4-12(5-7-13)21-15(16-10-14(24)11-17(25)22(16)27-21)8-9-20(29)26-18-2-1-3-19(18)28/h4-7,10-11,18,27H,1-3,8-9H2,(H,26,29). The van der Waals surface area contributed by atoms with Crippen molar-refractivity contribution < 1.29 is 22.8 Å². The van der Waals surface area contributed by atoms with Gasteiger partial charge in [-0.05, 0) is 60.7 Å². The van der Waals surface area contributed by atoms with Crippen LogP contribution in [-0.4, -0.2) is 22.7 Å². The number of hydrogen-bond donors (Lipinski definition) is 2. The van der Waals surface area contributed by atoms with Crippen LogP contribution in [0.3, 0.4) is 0 Å². The molecule has 0 radical (unpaired) electrons. The molecule has 0 spiro atoms. The summed E-state index contributed by atoms with van der Waals surface area (Å²) in [5.41, 5.74) is 1.81. The van der Waals surface area contributed by atoms with E-state index in [-0.39, 0.29) is 30.0 Å². The zero-order valence-corrected chi connectivity index (χ0v) is 15.5. The first-order valence-corrected chi connectivity index (χ1v) is 9.50. The molecule has 1 amide bonds. The predicted molar refractivity (Wildman–Crippen MR) is 103 cm³/mol. The van der Waals surface area contributed by atoms with Crippen LogP contribution in [0.2, 0.25) is 0 Å². The van der Waals surface area contributed by atoms with Gasteiger partial charge in [-0.25, -0.2) is 13.2 Å². The van der Waals surface area contributed by atoms with Crippen molar-refractivity contribution in [2.45, 2.75) is 38.1 Å². The van der Waals surface area contributed by atoms with Gasteiger partial charge < -0.3 is 10.3 Å². The van der Waals surface area contributed by atoms with Gasteiger partial charge in [0.25, 0.3) is 0 Å². The van der Waals surface area contributed by atoms with E-state index >= 15 is 0 Å². The van der Waals surface area contributed by atoms with Crippen molar-refractivity contribution in [3.63, 3.8) is 0 Å². The molecule has 29 heavy (non-hydrogen) atoms. The van der Waals surface area contributed by atoms with Crippen LogP contribution >= 0.6 is 0 Å². The SMILES string of the molecule is O=C(CCc1c(-c2ccc(F)cc2)[nH]c2c(F)cc(F)cc12)NC1CCCC1=O. The van der Waals surface area contributed by atoms with Gasteiger partial charge >= 0.3 is 0 Å². The molecule has 0 bridgehead atoms. The maximum Gasteiger partial charge on any atom is 0.220 e. The van der Waals surface area contributed by atoms with Gasteiger partial charge in [-0.3, -0.25) is 9.59 Å². The summed E-state index contributed by atoms with van der Waals surface area (Å²) in [5.74, 6) is -2.13. The maximum absolute atomic E-state index is 14.3. The molecule has 3 aromatic rings. The number of halogens is 3. The number of carbonyl (C=O) groups excluding carboxylic acids is 2. The molecule has 2 aromatic carbocycles. The van der Waals surface area contributed by atoms with Crippen LogP contribution in [0, 0.1) is 17.5 Å². The average molecular weight is 400 g/mol. The van der Waals surface area contributed by atoms with E-state index in [1.807, 2.05) is 0 Å². The molecule has 0 saturated heterocycles. The van der Waals surface area contributed by atoms with E-state index in [1.165, 1.54) is 30.3 Å². The van der Waals surface area contributed by atoms with Crippen LogP contribution in [-0.2, 0) is 16.0 Å². The summed E-state index contributed by atoms with van der Waals surface area (Å²) < 4.78 is 41.4. The lowest BCUT2D eigenvalue weighted by molar-refractivity contribution is -0.126. The maximum atomic E-state index is 14.3. The highest BCUT2D eigenvalue weighted by Crippen LogP contribution is 2.33. The van der Waals surface area contributed by atoms with Crippen molar-refractivity contribution in [2.75, 3.05) is 0 Å². The van der Waals surface area contributed by atoms with Gasteiger partial charge in [-0.2, -0.15) is 0 Å². The van der Waals surface area contributed by atoms with Crippen molar-refractivity contribution in [1.82, 2.24) is 10.3 Å². The first-order valence-electron chi connectivity index (χ1n) is 9.50. The Kier molecular flexibility index (Phi) is 5.13. The van der Waals surface area contributed by atoms with Crippen LogP contribution in [0.5, 0.6) is 0 Å². The monoisotopic (exact) mass is 400 g/mol. The molecular weight excluding hydrogens is 381 g/mol. The number of amides is 1. The highest BCUT2D eigenvalue weighted by molar-refractivity contribution is 5.93. The molecule has 1 heterocycles. The zero-order chi connectivity index (χ0) is 20.5. The van der Waals surface area contributed by atoms with Gasteiger partial charge in [0, 0.05) is 30.0 Å². The molecule has 1 aliphatic carbocycles. The van der Waals surface area contributed by atoms with Crippen LogP contribution in [0.15, 0.2) is 36.4 Å². The number of Topliss-reactive ketones (excluding diaryl/α,β-unsaturated/α-hetero) is 1. The Balaban J connectivity index is 1.65. The molecular formula is C22H19F3N2O2. The molecule has 1 fully saturated rings. The summed E-state index contributed by atoms with van der Waals surface area (Å²) in [6.07, 6.45) is 2.14. The van der Waals surface area contributed by atoms with Crippen LogP contribution in [0.25, 0.3) is 22.2 Å². The molecule has 1 unspecified atom stereocenters. The van der Waals surface area contributed by atoms with Crippen molar-refractivity contribution >= 4 is 22.6 Å². The zero-order valence-electron chi connectivity index (χ0n) is 15.5. The number of rotatable bonds is 5. The van der Waals surface area contributed by atoms with Crippen molar-refractivity contribution in [3.05, 3.63) is 59.4 Å². The van der Waals surface area contributed by atoms with E-state index in [0.717, 1.165) is 12.5 Å². The summed E-state index contributed by atoms with van der Waals surface area (Å²) >= 11 is 0. The number of carbonyl (C=O) groups is 2. The molecule has 1 aromatic heterocycles. The summed E-state index contributed by atoms with van der Waals surface area (Å²) in [7, 11) is 0. The minimum atomic E-state index is -0.740. The largest absolute Gasteiger partial charge is 0.352 e. The first kappa shape index (κ1) is 19.2. The third kappa shape index (κ3) is 3.90. The summed E-state index contributed by atoms with van der Waals surface area (Å²) in [6, 6.07) is 7.19. The number of aromatic amines is 1. The van der Waals surface area contributed by atoms with E-state index in [2.05, 4.69) is 10.3 Å². The fraction of sp³-hybridized carbons (Fsp3) is 0.273. The highest BCUT2D eigenvalue weighted by atomic mass is 19.1. The average Bonchev–Trinajstić information content (AvgIpc) is 3.24. The van der Waals surface area contributed by atoms with Gasteiger partial charge in [-0.15, -0.1) is 0 Å². The lowest BCUT2D eigenvalue weighted by Crippen LogP contribution is -2.37. The topological polar surface area (TPSA) is 62.0 Å². The van der Waals surface area contributed by atoms with Gasteiger partial charge in [0.05, 0.1) is 11.6 Å². The number of H-pyrrole nitrogens is 1. The van der Waals surface area contributed by atoms with Gasteiger partial charge in [-0.1, -0.05) is 0 Å². The molecule has 4 rings (SSSR count). The molecule has 150 valence electrons. The minimum absolute atomic E-state index is 0.0292. The van der Waals surface area contributed by atoms with E-state index in [1.54, 1.807) is 0 Å². The normalized spacial score (nSPS) is 16.5. The molecule has 1 aliphatic rings. The third-order valence-corrected chi connectivity index (χ3v) is 5.31. The second kappa shape index (κ2) is 7.73. The van der Waals surface area contributed by atoms with Crippen LogP contribution in [0.4, 0.5) is 13.2 Å². The second-order valence-electron chi connectivity index (χ2n) is 7.27. The van der Waals surface area contributed by atoms with E-state index < -0.39 is 23.5 Å². The summed E-state index contributed by atoms with van der Waals surface area (Å²) in [4.78, 5) is 27.0. The molecule has 2 N–H and O–H groups in total. The number of ketones is 1. The van der Waals surface area contributed by atoms with E-state index in [0.29, 0.717) is 35.0 Å². The minimum Gasteiger partial charge on any atom is -0.352 e. The number of fused-ring (bicyclic) bond motifs is 1. The molecule has 1 atom stereocenters. The lowest BCUT2D eigenvalue weighted by atomic mass is 10.0. The van der Waals surface area contributed by atoms with Crippen LogP contribution in [0.1, 0.15) is 31.2 Å². The number of benzene rings is 2. The molecule has 1 saturated carbocycles. The summed E-state index contributed by atoms with van der Waals surface area (Å²) in [6.45, 7) is 0. The Morgan fingerprint density at radius 2 is 1.86 bits per heavy atom. The smallest absolute Gasteiger partial charge is 0.220 e. The Morgan fingerprint density at radius 1 is 1.10 bits per heavy atom. The number of hydrogen-bond acceptors (Lipinski definition) is 2. The van der Waals surface area contributed by atoms with E-state index in [9.17, 15) is 22.8 Å².